The van der Waals surface area contributed by atoms with Gasteiger partial charge in [-0.2, -0.15) is 0 Å². The number of ether oxygens (including phenoxy) is 1. The van der Waals surface area contributed by atoms with Crippen molar-refractivity contribution in [1.82, 2.24) is 20.1 Å². The Morgan fingerprint density at radius 3 is 2.51 bits per heavy atom. The summed E-state index contributed by atoms with van der Waals surface area (Å²) < 4.78 is 4.57. The Hall–Kier alpha value is -4.67. The topological polar surface area (TPSA) is 141 Å². The molecule has 4 rings (SSSR count). The number of ketones is 1. The van der Waals surface area contributed by atoms with Crippen molar-refractivity contribution in [1.29, 1.82) is 0 Å². The highest BCUT2D eigenvalue weighted by molar-refractivity contribution is 6.45. The molecule has 4 amide bonds. The van der Waals surface area contributed by atoms with Crippen molar-refractivity contribution in [3.05, 3.63) is 65.9 Å². The Bertz CT molecular complexity index is 1390. The van der Waals surface area contributed by atoms with Gasteiger partial charge in [0.15, 0.2) is 0 Å². The van der Waals surface area contributed by atoms with Crippen LogP contribution in [0.1, 0.15) is 40.5 Å². The van der Waals surface area contributed by atoms with Gasteiger partial charge in [-0.25, -0.2) is 4.79 Å². The van der Waals surface area contributed by atoms with Crippen LogP contribution in [0.15, 0.2) is 54.7 Å². The predicted octanol–water partition coefficient (Wildman–Crippen LogP) is 2.80. The third-order valence-corrected chi connectivity index (χ3v) is 6.67. The SMILES string of the molecule is COC(=O)CCCNC(=O)Nc1cccc2c(C(=O)C(=O)N3CCN(C(=O)c4ccccc4)C[C@H]3C)c[nH]c12. The molecule has 204 valence electrons. The second-order valence-corrected chi connectivity index (χ2v) is 9.28. The standard InChI is InChI=1S/C28H31N5O6/c1-18-17-32(26(36)19-8-4-3-5-9-19)14-15-33(18)27(37)25(35)21-16-30-24-20(21)10-6-11-22(24)31-28(38)29-13-7-12-23(34)39-2/h3-6,8-11,16,18,30H,7,12-15,17H2,1-2H3,(H2,29,31,38)/t18-/m1/s1. The molecule has 1 fully saturated rings. The van der Waals surface area contributed by atoms with E-state index in [0.717, 1.165) is 0 Å². The van der Waals surface area contributed by atoms with E-state index in [1.54, 1.807) is 47.4 Å². The van der Waals surface area contributed by atoms with Crippen LogP contribution in [0.25, 0.3) is 10.9 Å². The first kappa shape index (κ1) is 27.4. The summed E-state index contributed by atoms with van der Waals surface area (Å²) in [5.41, 5.74) is 1.72. The summed E-state index contributed by atoms with van der Waals surface area (Å²) in [6, 6.07) is 13.2. The van der Waals surface area contributed by atoms with Crippen LogP contribution in [0.3, 0.4) is 0 Å². The number of rotatable bonds is 8. The van der Waals surface area contributed by atoms with E-state index in [0.29, 0.717) is 41.7 Å². The number of carbonyl (C=O) groups excluding carboxylic acids is 5. The largest absolute Gasteiger partial charge is 0.469 e. The number of anilines is 1. The molecule has 0 bridgehead atoms. The summed E-state index contributed by atoms with van der Waals surface area (Å²) in [6.45, 7) is 2.99. The molecule has 3 N–H and O–H groups in total. The highest BCUT2D eigenvalue weighted by atomic mass is 16.5. The van der Waals surface area contributed by atoms with E-state index >= 15 is 0 Å². The third kappa shape index (κ3) is 6.25. The van der Waals surface area contributed by atoms with Crippen molar-refractivity contribution in [2.24, 2.45) is 0 Å². The van der Waals surface area contributed by atoms with Gasteiger partial charge in [0.2, 0.25) is 0 Å². The number of Topliss-reactive ketones (excluding diaryl/α,β-unsaturated/α-hetero) is 1. The maximum Gasteiger partial charge on any atom is 0.319 e. The van der Waals surface area contributed by atoms with Crippen molar-refractivity contribution < 1.29 is 28.7 Å². The zero-order chi connectivity index (χ0) is 27.9. The number of para-hydroxylation sites is 1. The Kier molecular flexibility index (Phi) is 8.60. The van der Waals surface area contributed by atoms with Gasteiger partial charge in [0.05, 0.1) is 23.9 Å². The van der Waals surface area contributed by atoms with E-state index in [-0.39, 0.29) is 43.0 Å². The van der Waals surface area contributed by atoms with Gasteiger partial charge in [0.1, 0.15) is 0 Å². The molecule has 11 nitrogen and oxygen atoms in total. The fourth-order valence-electron chi connectivity index (χ4n) is 4.60. The molecule has 1 saturated heterocycles. The van der Waals surface area contributed by atoms with E-state index in [9.17, 15) is 24.0 Å². The number of amides is 4. The van der Waals surface area contributed by atoms with Crippen LogP contribution < -0.4 is 10.6 Å². The number of fused-ring (bicyclic) bond motifs is 1. The number of hydrogen-bond donors (Lipinski definition) is 3. The van der Waals surface area contributed by atoms with E-state index in [4.69, 9.17) is 0 Å². The number of aromatic amines is 1. The number of methoxy groups -OCH3 is 1. The van der Waals surface area contributed by atoms with Gasteiger partial charge in [-0.05, 0) is 31.5 Å². The molecule has 1 aromatic heterocycles. The van der Waals surface area contributed by atoms with Gasteiger partial charge in [-0.1, -0.05) is 30.3 Å². The van der Waals surface area contributed by atoms with Crippen LogP contribution in [0, 0.1) is 0 Å². The molecular weight excluding hydrogens is 502 g/mol. The lowest BCUT2D eigenvalue weighted by atomic mass is 10.1. The van der Waals surface area contributed by atoms with Gasteiger partial charge in [-0.3, -0.25) is 19.2 Å². The molecule has 1 atom stereocenters. The second kappa shape index (κ2) is 12.2. The Balaban J connectivity index is 1.39. The van der Waals surface area contributed by atoms with Crippen molar-refractivity contribution in [2.75, 3.05) is 38.6 Å². The van der Waals surface area contributed by atoms with Crippen molar-refractivity contribution in [2.45, 2.75) is 25.8 Å². The van der Waals surface area contributed by atoms with Gasteiger partial charge in [0.25, 0.3) is 17.6 Å². The smallest absolute Gasteiger partial charge is 0.319 e. The number of carbonyl (C=O) groups is 5. The number of H-pyrrole nitrogens is 1. The summed E-state index contributed by atoms with van der Waals surface area (Å²) in [7, 11) is 1.31. The Morgan fingerprint density at radius 2 is 1.79 bits per heavy atom. The number of aromatic nitrogens is 1. The predicted molar refractivity (Wildman–Crippen MR) is 144 cm³/mol. The first-order valence-electron chi connectivity index (χ1n) is 12.7. The minimum absolute atomic E-state index is 0.106. The summed E-state index contributed by atoms with van der Waals surface area (Å²) >= 11 is 0. The molecule has 39 heavy (non-hydrogen) atoms. The molecule has 0 unspecified atom stereocenters. The maximum absolute atomic E-state index is 13.3. The number of esters is 1. The molecule has 0 spiro atoms. The van der Waals surface area contributed by atoms with E-state index in [1.165, 1.54) is 18.2 Å². The van der Waals surface area contributed by atoms with Gasteiger partial charge in [0, 0.05) is 55.8 Å². The lowest BCUT2D eigenvalue weighted by molar-refractivity contribution is -0.140. The Labute approximate surface area is 225 Å². The summed E-state index contributed by atoms with van der Waals surface area (Å²) in [4.78, 5) is 69.0. The minimum Gasteiger partial charge on any atom is -0.469 e. The fourth-order valence-corrected chi connectivity index (χ4v) is 4.60. The molecule has 0 aliphatic carbocycles. The molecule has 3 aromatic rings. The summed E-state index contributed by atoms with van der Waals surface area (Å²) in [6.07, 6.45) is 2.09. The van der Waals surface area contributed by atoms with Crippen molar-refractivity contribution in [3.63, 3.8) is 0 Å². The number of benzene rings is 2. The molecular formula is C28H31N5O6. The van der Waals surface area contributed by atoms with Crippen LogP contribution in [0.2, 0.25) is 0 Å². The van der Waals surface area contributed by atoms with Crippen molar-refractivity contribution in [3.8, 4) is 0 Å². The second-order valence-electron chi connectivity index (χ2n) is 9.28. The zero-order valence-electron chi connectivity index (χ0n) is 21.9. The summed E-state index contributed by atoms with van der Waals surface area (Å²) in [5.74, 6) is -1.76. The monoisotopic (exact) mass is 533 g/mol. The molecule has 2 aromatic carbocycles. The first-order chi connectivity index (χ1) is 18.8. The molecule has 0 saturated carbocycles. The third-order valence-electron chi connectivity index (χ3n) is 6.67. The van der Waals surface area contributed by atoms with Crippen LogP contribution in [0.4, 0.5) is 10.5 Å². The molecule has 0 radical (unpaired) electrons. The lowest BCUT2D eigenvalue weighted by Gasteiger charge is -2.39. The van der Waals surface area contributed by atoms with Crippen molar-refractivity contribution >= 4 is 46.2 Å². The minimum atomic E-state index is -0.666. The van der Waals surface area contributed by atoms with E-state index in [1.807, 2.05) is 13.0 Å². The molecule has 1 aliphatic heterocycles. The van der Waals surface area contributed by atoms with E-state index < -0.39 is 17.7 Å². The molecule has 2 heterocycles. The number of piperazine rings is 1. The highest BCUT2D eigenvalue weighted by Crippen LogP contribution is 2.27. The van der Waals surface area contributed by atoms with Gasteiger partial charge >= 0.3 is 12.0 Å². The van der Waals surface area contributed by atoms with Gasteiger partial charge < -0.3 is 30.2 Å². The first-order valence-corrected chi connectivity index (χ1v) is 12.7. The fraction of sp³-hybridized carbons (Fsp3) is 0.321. The van der Waals surface area contributed by atoms with E-state index in [2.05, 4.69) is 20.4 Å². The zero-order valence-corrected chi connectivity index (χ0v) is 21.9. The highest BCUT2D eigenvalue weighted by Gasteiger charge is 2.34. The summed E-state index contributed by atoms with van der Waals surface area (Å²) in [5, 5.41) is 5.89. The quantitative estimate of drug-likeness (QED) is 0.176. The number of urea groups is 1. The van der Waals surface area contributed by atoms with Crippen LogP contribution in [0.5, 0.6) is 0 Å². The molecule has 11 heteroatoms. The maximum atomic E-state index is 13.3. The number of hydrogen-bond acceptors (Lipinski definition) is 6. The number of nitrogens with one attached hydrogen (secondary N) is 3. The lowest BCUT2D eigenvalue weighted by Crippen LogP contribution is -2.56. The number of nitrogens with zero attached hydrogens (tertiary/aromatic N) is 2. The van der Waals surface area contributed by atoms with Crippen LogP contribution in [-0.2, 0) is 14.3 Å². The van der Waals surface area contributed by atoms with Gasteiger partial charge in [-0.15, -0.1) is 0 Å². The average Bonchev–Trinajstić information content (AvgIpc) is 3.39. The Morgan fingerprint density at radius 1 is 1.03 bits per heavy atom. The normalized spacial score (nSPS) is 15.1. The molecule has 1 aliphatic rings. The van der Waals surface area contributed by atoms with Crippen LogP contribution in [-0.4, -0.2) is 83.7 Å². The van der Waals surface area contributed by atoms with Crippen LogP contribution >= 0.6 is 0 Å². The average molecular weight is 534 g/mol.